The predicted molar refractivity (Wildman–Crippen MR) is 132 cm³/mol. The molecule has 11 heteroatoms. The second kappa shape index (κ2) is 10.1. The van der Waals surface area contributed by atoms with Crippen molar-refractivity contribution in [3.8, 4) is 5.75 Å². The zero-order chi connectivity index (χ0) is 25.0. The number of rotatable bonds is 7. The number of methoxy groups -OCH3 is 2. The Bertz CT molecular complexity index is 1570. The Morgan fingerprint density at radius 3 is 2.46 bits per heavy atom. The number of anilines is 1. The van der Waals surface area contributed by atoms with Crippen LogP contribution in [0.3, 0.4) is 0 Å². The summed E-state index contributed by atoms with van der Waals surface area (Å²) in [6.45, 7) is -0.103. The fourth-order valence-electron chi connectivity index (χ4n) is 3.29. The quantitative estimate of drug-likeness (QED) is 0.380. The number of nitrogens with one attached hydrogen (secondary N) is 1. The summed E-state index contributed by atoms with van der Waals surface area (Å²) in [6.07, 6.45) is 0. The van der Waals surface area contributed by atoms with Crippen LogP contribution in [-0.2, 0) is 26.1 Å². The van der Waals surface area contributed by atoms with Gasteiger partial charge in [-0.25, -0.2) is 8.42 Å². The van der Waals surface area contributed by atoms with Gasteiger partial charge in [-0.15, -0.1) is 0 Å². The summed E-state index contributed by atoms with van der Waals surface area (Å²) in [5.41, 5.74) is 1.14. The minimum atomic E-state index is -3.88. The molecule has 0 fully saturated rings. The number of amides is 1. The van der Waals surface area contributed by atoms with Gasteiger partial charge in [0.25, 0.3) is 15.9 Å². The molecule has 3 aromatic carbocycles. The molecule has 0 bridgehead atoms. The van der Waals surface area contributed by atoms with Crippen molar-refractivity contribution in [2.45, 2.75) is 11.4 Å². The van der Waals surface area contributed by atoms with Crippen LogP contribution in [0.5, 0.6) is 5.75 Å². The number of carbonyl (C=O) groups excluding carboxylic acids is 2. The third-order valence-corrected chi connectivity index (χ3v) is 7.49. The van der Waals surface area contributed by atoms with Crippen LogP contribution in [-0.4, -0.2) is 39.1 Å². The lowest BCUT2D eigenvalue weighted by Crippen LogP contribution is -2.22. The Kier molecular flexibility index (Phi) is 6.99. The first-order chi connectivity index (χ1) is 16.8. The first kappa shape index (κ1) is 24.2. The number of thiazole rings is 1. The number of aromatic nitrogens is 1. The molecule has 0 saturated carbocycles. The molecule has 35 heavy (non-hydrogen) atoms. The predicted octanol–water partition coefficient (Wildman–Crippen LogP) is 3.43. The molecule has 9 nitrogen and oxygen atoms in total. The minimum Gasteiger partial charge on any atom is -0.497 e. The first-order valence-corrected chi connectivity index (χ1v) is 12.6. The van der Waals surface area contributed by atoms with E-state index in [1.807, 2.05) is 24.3 Å². The molecule has 0 atom stereocenters. The summed E-state index contributed by atoms with van der Waals surface area (Å²) < 4.78 is 40.3. The van der Waals surface area contributed by atoms with Crippen LogP contribution in [0.25, 0.3) is 10.2 Å². The lowest BCUT2D eigenvalue weighted by molar-refractivity contribution is -0.141. The molecule has 0 radical (unpaired) electrons. The van der Waals surface area contributed by atoms with Gasteiger partial charge >= 0.3 is 5.97 Å². The van der Waals surface area contributed by atoms with Crippen molar-refractivity contribution in [3.05, 3.63) is 83.2 Å². The Morgan fingerprint density at radius 1 is 1.00 bits per heavy atom. The van der Waals surface area contributed by atoms with E-state index in [1.165, 1.54) is 55.9 Å². The molecule has 0 unspecified atom stereocenters. The van der Waals surface area contributed by atoms with E-state index in [-0.39, 0.29) is 22.7 Å². The van der Waals surface area contributed by atoms with E-state index in [0.717, 1.165) is 10.2 Å². The normalized spacial score (nSPS) is 11.9. The number of hydrogen-bond donors (Lipinski definition) is 1. The molecular formula is C24H21N3O6S2. The third-order valence-electron chi connectivity index (χ3n) is 5.03. The topological polar surface area (TPSA) is 116 Å². The summed E-state index contributed by atoms with van der Waals surface area (Å²) >= 11 is 1.26. The summed E-state index contributed by atoms with van der Waals surface area (Å²) in [7, 11) is -1.10. The van der Waals surface area contributed by atoms with Gasteiger partial charge in [0.05, 0.1) is 29.3 Å². The number of benzene rings is 3. The fourth-order valence-corrected chi connectivity index (χ4v) is 5.37. The maximum Gasteiger partial charge on any atom is 0.325 e. The zero-order valence-corrected chi connectivity index (χ0v) is 20.4. The van der Waals surface area contributed by atoms with Crippen LogP contribution in [0.1, 0.15) is 10.4 Å². The molecule has 4 rings (SSSR count). The highest BCUT2D eigenvalue weighted by atomic mass is 32.2. The van der Waals surface area contributed by atoms with Gasteiger partial charge in [-0.1, -0.05) is 29.5 Å². The van der Waals surface area contributed by atoms with E-state index in [1.54, 1.807) is 22.8 Å². The van der Waals surface area contributed by atoms with Gasteiger partial charge in [0.15, 0.2) is 4.80 Å². The number of para-hydroxylation sites is 1. The summed E-state index contributed by atoms with van der Waals surface area (Å²) in [4.78, 5) is 29.5. The molecule has 0 aliphatic carbocycles. The number of sulfonamides is 1. The van der Waals surface area contributed by atoms with Crippen molar-refractivity contribution >= 4 is 49.1 Å². The highest BCUT2D eigenvalue weighted by molar-refractivity contribution is 7.92. The van der Waals surface area contributed by atoms with Gasteiger partial charge in [-0.2, -0.15) is 4.99 Å². The van der Waals surface area contributed by atoms with Gasteiger partial charge in [0.2, 0.25) is 0 Å². The van der Waals surface area contributed by atoms with E-state index in [2.05, 4.69) is 9.71 Å². The Balaban J connectivity index is 1.65. The van der Waals surface area contributed by atoms with Crippen LogP contribution >= 0.6 is 11.3 Å². The molecule has 1 aromatic heterocycles. The van der Waals surface area contributed by atoms with Gasteiger partial charge in [-0.05, 0) is 54.6 Å². The number of esters is 1. The summed E-state index contributed by atoms with van der Waals surface area (Å²) in [6, 6.07) is 19.3. The first-order valence-electron chi connectivity index (χ1n) is 10.3. The molecule has 0 saturated heterocycles. The lowest BCUT2D eigenvalue weighted by atomic mass is 10.2. The maximum atomic E-state index is 13.0. The van der Waals surface area contributed by atoms with Gasteiger partial charge in [0.1, 0.15) is 12.3 Å². The molecular weight excluding hydrogens is 490 g/mol. The van der Waals surface area contributed by atoms with Crippen molar-refractivity contribution in [3.63, 3.8) is 0 Å². The fraction of sp³-hybridized carbons (Fsp3) is 0.125. The van der Waals surface area contributed by atoms with Gasteiger partial charge in [-0.3, -0.25) is 14.3 Å². The van der Waals surface area contributed by atoms with E-state index < -0.39 is 21.9 Å². The number of hydrogen-bond acceptors (Lipinski definition) is 7. The van der Waals surface area contributed by atoms with Crippen LogP contribution in [0.2, 0.25) is 0 Å². The van der Waals surface area contributed by atoms with Crippen molar-refractivity contribution < 1.29 is 27.5 Å². The van der Waals surface area contributed by atoms with Crippen molar-refractivity contribution in [1.29, 1.82) is 0 Å². The Hall–Kier alpha value is -3.96. The van der Waals surface area contributed by atoms with Crippen LogP contribution in [0.15, 0.2) is 82.7 Å². The average molecular weight is 512 g/mol. The van der Waals surface area contributed by atoms with E-state index in [9.17, 15) is 18.0 Å². The summed E-state index contributed by atoms with van der Waals surface area (Å²) in [5, 5.41) is 0. The number of nitrogens with zero attached hydrogens (tertiary/aromatic N) is 2. The maximum absolute atomic E-state index is 13.0. The molecule has 0 aliphatic rings. The van der Waals surface area contributed by atoms with E-state index in [4.69, 9.17) is 9.47 Å². The molecule has 1 heterocycles. The molecule has 1 amide bonds. The average Bonchev–Trinajstić information content (AvgIpc) is 3.20. The summed E-state index contributed by atoms with van der Waals surface area (Å²) in [5.74, 6) is -0.526. The highest BCUT2D eigenvalue weighted by Gasteiger charge is 2.16. The Labute approximate surface area is 205 Å². The zero-order valence-electron chi connectivity index (χ0n) is 18.8. The third kappa shape index (κ3) is 5.42. The standard InChI is InChI=1S/C24H21N3O6S2/c1-32-18-10-12-19(13-11-18)35(30,31)26-17-7-5-6-16(14-17)23(29)25-24-27(15-22(28)33-2)20-8-3-4-9-21(20)34-24/h3-14,26H,15H2,1-2H3. The number of carbonyl (C=O) groups is 2. The van der Waals surface area contributed by atoms with Crippen molar-refractivity contribution in [2.75, 3.05) is 18.9 Å². The van der Waals surface area contributed by atoms with Crippen molar-refractivity contribution in [1.82, 2.24) is 4.57 Å². The Morgan fingerprint density at radius 2 is 1.74 bits per heavy atom. The van der Waals surface area contributed by atoms with E-state index in [0.29, 0.717) is 10.6 Å². The molecule has 1 N–H and O–H groups in total. The van der Waals surface area contributed by atoms with Crippen LogP contribution < -0.4 is 14.3 Å². The SMILES string of the molecule is COC(=O)Cn1c(=NC(=O)c2cccc(NS(=O)(=O)c3ccc(OC)cc3)c2)sc2ccccc21. The van der Waals surface area contributed by atoms with Gasteiger partial charge in [0, 0.05) is 11.3 Å². The number of ether oxygens (including phenoxy) is 2. The smallest absolute Gasteiger partial charge is 0.325 e. The molecule has 4 aromatic rings. The van der Waals surface area contributed by atoms with Gasteiger partial charge < -0.3 is 14.0 Å². The molecule has 0 spiro atoms. The van der Waals surface area contributed by atoms with Crippen LogP contribution in [0, 0.1) is 0 Å². The van der Waals surface area contributed by atoms with Crippen molar-refractivity contribution in [2.24, 2.45) is 4.99 Å². The number of fused-ring (bicyclic) bond motifs is 1. The lowest BCUT2D eigenvalue weighted by Gasteiger charge is -2.09. The van der Waals surface area contributed by atoms with Crippen LogP contribution in [0.4, 0.5) is 5.69 Å². The molecule has 0 aliphatic heterocycles. The highest BCUT2D eigenvalue weighted by Crippen LogP contribution is 2.21. The monoisotopic (exact) mass is 511 g/mol. The van der Waals surface area contributed by atoms with E-state index >= 15 is 0 Å². The second-order valence-electron chi connectivity index (χ2n) is 7.29. The largest absolute Gasteiger partial charge is 0.497 e. The second-order valence-corrected chi connectivity index (χ2v) is 9.98. The molecule has 180 valence electrons. The minimum absolute atomic E-state index is 0.0499.